The van der Waals surface area contributed by atoms with Crippen LogP contribution >= 0.6 is 0 Å². The molecule has 1 amide bonds. The summed E-state index contributed by atoms with van der Waals surface area (Å²) in [6, 6.07) is 14.7. The molecule has 40 heavy (non-hydrogen) atoms. The second-order valence-electron chi connectivity index (χ2n) is 10.6. The summed E-state index contributed by atoms with van der Waals surface area (Å²) in [5.41, 5.74) is 7.86. The van der Waals surface area contributed by atoms with Crippen molar-refractivity contribution in [2.45, 2.75) is 44.9 Å². The number of carbonyl (C=O) groups excluding carboxylic acids is 1. The van der Waals surface area contributed by atoms with Gasteiger partial charge >= 0.3 is 0 Å². The maximum absolute atomic E-state index is 13.3. The van der Waals surface area contributed by atoms with E-state index in [-0.39, 0.29) is 10.9 Å². The van der Waals surface area contributed by atoms with Gasteiger partial charge < -0.3 is 14.8 Å². The van der Waals surface area contributed by atoms with Gasteiger partial charge in [-0.15, -0.1) is 0 Å². The number of hydrogen-bond donors (Lipinski definition) is 2. The van der Waals surface area contributed by atoms with Gasteiger partial charge in [0.1, 0.15) is 5.56 Å². The average molecular weight is 539 g/mol. The number of nitrogens with one attached hydrogen (secondary N) is 2. The van der Waals surface area contributed by atoms with Crippen LogP contribution in [0.5, 0.6) is 0 Å². The maximum Gasteiger partial charge on any atom is 0.280 e. The minimum absolute atomic E-state index is 0.0421. The topological polar surface area (TPSA) is 101 Å². The molecule has 2 aromatic heterocycles. The Balaban J connectivity index is 1.34. The van der Waals surface area contributed by atoms with Gasteiger partial charge in [0.05, 0.1) is 12.5 Å². The molecule has 0 unspecified atom stereocenters. The van der Waals surface area contributed by atoms with Crippen molar-refractivity contribution in [1.82, 2.24) is 24.9 Å². The lowest BCUT2D eigenvalue weighted by Crippen LogP contribution is -2.32. The number of amides is 1. The number of nitrogens with zero attached hydrogens (tertiary/aromatic N) is 4. The van der Waals surface area contributed by atoms with Crippen LogP contribution in [0.4, 0.5) is 11.6 Å². The summed E-state index contributed by atoms with van der Waals surface area (Å²) in [7, 11) is 1.33. The van der Waals surface area contributed by atoms with Crippen LogP contribution in [0.15, 0.2) is 59.7 Å². The summed E-state index contributed by atoms with van der Waals surface area (Å²) in [6.07, 6.45) is 8.57. The first-order valence-corrected chi connectivity index (χ1v) is 14.0. The number of pyridine rings is 1. The molecule has 0 saturated carbocycles. The van der Waals surface area contributed by atoms with Gasteiger partial charge in [0.2, 0.25) is 11.4 Å². The molecule has 0 spiro atoms. The van der Waals surface area contributed by atoms with E-state index in [1.54, 1.807) is 4.57 Å². The number of benzene rings is 2. The molecule has 2 N–H and O–H groups in total. The summed E-state index contributed by atoms with van der Waals surface area (Å²) in [4.78, 5) is 42.4. The molecule has 2 aliphatic rings. The minimum atomic E-state index is -0.619. The lowest BCUT2D eigenvalue weighted by molar-refractivity contribution is 0.0536. The third kappa shape index (κ3) is 5.10. The second kappa shape index (κ2) is 11.2. The number of aryl methyl sites for hydroxylation is 2. The lowest BCUT2D eigenvalue weighted by atomic mass is 9.89. The number of rotatable bonds is 7. The second-order valence-corrected chi connectivity index (χ2v) is 10.6. The van der Waals surface area contributed by atoms with E-state index in [9.17, 15) is 9.59 Å². The molecule has 1 aliphatic carbocycles. The number of likely N-dealkylation sites (tertiary alicyclic amines) is 1. The molecular weight excluding hydrogens is 504 g/mol. The van der Waals surface area contributed by atoms with Gasteiger partial charge in [-0.2, -0.15) is 4.98 Å². The summed E-state index contributed by atoms with van der Waals surface area (Å²) in [5.74, 6) is 0.340. The maximum atomic E-state index is 13.3. The molecular formula is C31H34N6O3. The molecule has 1 aliphatic heterocycles. The van der Waals surface area contributed by atoms with E-state index >= 15 is 0 Å². The van der Waals surface area contributed by atoms with Crippen LogP contribution in [-0.2, 0) is 17.7 Å². The lowest BCUT2D eigenvalue weighted by Gasteiger charge is -2.31. The zero-order valence-corrected chi connectivity index (χ0v) is 22.9. The van der Waals surface area contributed by atoms with Crippen LogP contribution in [0.25, 0.3) is 16.7 Å². The molecule has 9 nitrogen and oxygen atoms in total. The number of hydrogen-bond acceptors (Lipinski definition) is 7. The highest BCUT2D eigenvalue weighted by molar-refractivity contribution is 5.96. The Hall–Kier alpha value is -4.08. The molecule has 1 saturated heterocycles. The van der Waals surface area contributed by atoms with Crippen molar-refractivity contribution in [3.63, 3.8) is 0 Å². The van der Waals surface area contributed by atoms with Crippen LogP contribution in [0.2, 0.25) is 0 Å². The van der Waals surface area contributed by atoms with E-state index in [1.165, 1.54) is 49.0 Å². The van der Waals surface area contributed by atoms with E-state index in [1.807, 2.05) is 6.07 Å². The number of piperidine rings is 1. The van der Waals surface area contributed by atoms with Crippen molar-refractivity contribution in [1.29, 1.82) is 0 Å². The van der Waals surface area contributed by atoms with Crippen molar-refractivity contribution >= 4 is 28.6 Å². The molecule has 0 radical (unpaired) electrons. The highest BCUT2D eigenvalue weighted by atomic mass is 16.6. The Morgan fingerprint density at radius 3 is 2.60 bits per heavy atom. The van der Waals surface area contributed by atoms with Crippen LogP contribution in [-0.4, -0.2) is 52.1 Å². The Labute approximate surface area is 233 Å². The van der Waals surface area contributed by atoms with Crippen LogP contribution in [0, 0.1) is 0 Å². The summed E-state index contributed by atoms with van der Waals surface area (Å²) < 4.78 is 1.79. The standard InChI is InChI=1S/C31H34N6O3/c1-3-36-15-13-22(14-16-36)21-7-10-24(11-8-21)33-31-32-18-26-28(38)27(30(39)35-40-2)19-37(29(26)34-31)25-12-9-20-5-4-6-23(20)17-25/h7-12,17-19,22H,3-6,13-16H2,1-2H3,(H,35,39)(H,32,33,34). The first-order valence-electron chi connectivity index (χ1n) is 14.0. The van der Waals surface area contributed by atoms with E-state index in [0.29, 0.717) is 17.5 Å². The third-order valence-electron chi connectivity index (χ3n) is 8.22. The van der Waals surface area contributed by atoms with E-state index in [0.717, 1.165) is 50.3 Å². The molecule has 1 fully saturated rings. The fourth-order valence-corrected chi connectivity index (χ4v) is 5.94. The number of fused-ring (bicyclic) bond motifs is 2. The molecule has 9 heteroatoms. The fourth-order valence-electron chi connectivity index (χ4n) is 5.94. The first-order chi connectivity index (χ1) is 19.5. The highest BCUT2D eigenvalue weighted by Gasteiger charge is 2.21. The van der Waals surface area contributed by atoms with Crippen molar-refractivity contribution in [2.24, 2.45) is 0 Å². The Morgan fingerprint density at radius 2 is 1.85 bits per heavy atom. The van der Waals surface area contributed by atoms with Crippen molar-refractivity contribution in [2.75, 3.05) is 32.1 Å². The molecule has 3 heterocycles. The van der Waals surface area contributed by atoms with E-state index in [4.69, 9.17) is 9.82 Å². The SMILES string of the molecule is CCN1CCC(c2ccc(Nc3ncc4c(=O)c(C(=O)NOC)cn(-c5ccc6c(c5)CCC6)c4n3)cc2)CC1. The smallest absolute Gasteiger partial charge is 0.280 e. The molecule has 2 aromatic carbocycles. The van der Waals surface area contributed by atoms with E-state index < -0.39 is 11.3 Å². The number of hydroxylamine groups is 1. The number of anilines is 2. The normalized spacial score (nSPS) is 15.8. The summed E-state index contributed by atoms with van der Waals surface area (Å²) in [6.45, 7) is 5.63. The van der Waals surface area contributed by atoms with Gasteiger partial charge in [-0.3, -0.25) is 14.4 Å². The van der Waals surface area contributed by atoms with E-state index in [2.05, 4.69) is 64.0 Å². The van der Waals surface area contributed by atoms with Crippen molar-refractivity contribution in [3.05, 3.63) is 87.3 Å². The van der Waals surface area contributed by atoms with Crippen molar-refractivity contribution < 1.29 is 9.63 Å². The van der Waals surface area contributed by atoms with Gasteiger partial charge in [0, 0.05) is 23.8 Å². The predicted octanol–water partition coefficient (Wildman–Crippen LogP) is 4.50. The quantitative estimate of drug-likeness (QED) is 0.334. The first kappa shape index (κ1) is 26.2. The van der Waals surface area contributed by atoms with Crippen LogP contribution in [0.1, 0.15) is 59.2 Å². The zero-order valence-electron chi connectivity index (χ0n) is 22.9. The van der Waals surface area contributed by atoms with Crippen LogP contribution < -0.4 is 16.2 Å². The molecule has 6 rings (SSSR count). The Bertz CT molecular complexity index is 1610. The predicted molar refractivity (Wildman–Crippen MR) is 155 cm³/mol. The Morgan fingerprint density at radius 1 is 1.07 bits per heavy atom. The number of carbonyl (C=O) groups is 1. The van der Waals surface area contributed by atoms with Gasteiger partial charge in [-0.1, -0.05) is 25.1 Å². The summed E-state index contributed by atoms with van der Waals surface area (Å²) >= 11 is 0. The highest BCUT2D eigenvalue weighted by Crippen LogP contribution is 2.30. The largest absolute Gasteiger partial charge is 0.324 e. The van der Waals surface area contributed by atoms with Crippen LogP contribution in [0.3, 0.4) is 0 Å². The zero-order chi connectivity index (χ0) is 27.6. The molecule has 206 valence electrons. The summed E-state index contributed by atoms with van der Waals surface area (Å²) in [5, 5.41) is 3.55. The minimum Gasteiger partial charge on any atom is -0.324 e. The van der Waals surface area contributed by atoms with Crippen molar-refractivity contribution in [3.8, 4) is 5.69 Å². The van der Waals surface area contributed by atoms with Gasteiger partial charge in [-0.25, -0.2) is 10.5 Å². The molecule has 0 bridgehead atoms. The third-order valence-corrected chi connectivity index (χ3v) is 8.22. The monoisotopic (exact) mass is 538 g/mol. The Kier molecular flexibility index (Phi) is 7.32. The molecule has 0 atom stereocenters. The van der Waals surface area contributed by atoms with Gasteiger partial charge in [0.25, 0.3) is 5.91 Å². The van der Waals surface area contributed by atoms with Gasteiger partial charge in [-0.05, 0) is 98.6 Å². The average Bonchev–Trinajstić information content (AvgIpc) is 3.46. The van der Waals surface area contributed by atoms with Gasteiger partial charge in [0.15, 0.2) is 5.65 Å². The fraction of sp³-hybridized carbons (Fsp3) is 0.355. The number of aromatic nitrogens is 3. The molecule has 4 aromatic rings.